The molecule has 3 N–H and O–H groups in total. The fraction of sp³-hybridized carbons (Fsp3) is 0.393. The molecule has 0 unspecified atom stereocenters. The SMILES string of the molecule is O=C(CSc1ccccc1C(=O)Nc1cccc(-c2ccn[nH]2)c1)NC12CC3CC(CC(C3)C1)C2. The first-order valence-corrected chi connectivity index (χ1v) is 13.5. The van der Waals surface area contributed by atoms with Crippen LogP contribution in [0.1, 0.15) is 48.9 Å². The molecule has 180 valence electrons. The number of nitrogens with zero attached hydrogens (tertiary/aromatic N) is 1. The number of hydrogen-bond acceptors (Lipinski definition) is 4. The molecule has 3 aromatic rings. The van der Waals surface area contributed by atoms with Crippen LogP contribution >= 0.6 is 11.8 Å². The van der Waals surface area contributed by atoms with Crippen LogP contribution in [-0.2, 0) is 4.79 Å². The second-order valence-electron chi connectivity index (χ2n) is 10.5. The number of carbonyl (C=O) groups is 2. The Balaban J connectivity index is 1.10. The number of hydrogen-bond donors (Lipinski definition) is 3. The van der Waals surface area contributed by atoms with Crippen molar-refractivity contribution in [1.29, 1.82) is 0 Å². The van der Waals surface area contributed by atoms with E-state index < -0.39 is 0 Å². The second-order valence-corrected chi connectivity index (χ2v) is 11.6. The van der Waals surface area contributed by atoms with Gasteiger partial charge in [0.05, 0.1) is 17.0 Å². The Morgan fingerprint density at radius 3 is 2.43 bits per heavy atom. The van der Waals surface area contributed by atoms with Crippen LogP contribution < -0.4 is 10.6 Å². The van der Waals surface area contributed by atoms with E-state index in [4.69, 9.17) is 0 Å². The highest BCUT2D eigenvalue weighted by Gasteiger charge is 2.51. The minimum absolute atomic E-state index is 0.0168. The number of benzene rings is 2. The highest BCUT2D eigenvalue weighted by atomic mass is 32.2. The molecule has 4 aliphatic rings. The average molecular weight is 487 g/mol. The molecule has 2 aromatic carbocycles. The molecular weight excluding hydrogens is 456 g/mol. The minimum Gasteiger partial charge on any atom is -0.350 e. The van der Waals surface area contributed by atoms with Gasteiger partial charge in [-0.1, -0.05) is 24.3 Å². The molecule has 7 heteroatoms. The Bertz CT molecular complexity index is 1200. The normalized spacial score (nSPS) is 26.5. The average Bonchev–Trinajstić information content (AvgIpc) is 3.37. The molecule has 7 rings (SSSR count). The van der Waals surface area contributed by atoms with Crippen LogP contribution in [0.2, 0.25) is 0 Å². The second kappa shape index (κ2) is 9.19. The van der Waals surface area contributed by atoms with Gasteiger partial charge in [0.25, 0.3) is 5.91 Å². The van der Waals surface area contributed by atoms with Crippen LogP contribution in [0.4, 0.5) is 5.69 Å². The summed E-state index contributed by atoms with van der Waals surface area (Å²) in [5.41, 5.74) is 3.14. The van der Waals surface area contributed by atoms with Crippen LogP contribution in [0, 0.1) is 17.8 Å². The maximum absolute atomic E-state index is 13.1. The molecule has 0 radical (unpaired) electrons. The molecule has 6 nitrogen and oxygen atoms in total. The fourth-order valence-electron chi connectivity index (χ4n) is 6.90. The predicted molar refractivity (Wildman–Crippen MR) is 138 cm³/mol. The molecule has 0 aliphatic heterocycles. The number of amides is 2. The van der Waals surface area contributed by atoms with E-state index in [0.29, 0.717) is 17.0 Å². The van der Waals surface area contributed by atoms with Crippen LogP contribution in [0.3, 0.4) is 0 Å². The fourth-order valence-corrected chi connectivity index (χ4v) is 7.75. The standard InChI is InChI=1S/C28H30N4O2S/c33-26(31-28-14-18-10-19(15-28)12-20(11-18)16-28)17-35-25-7-2-1-6-23(25)27(34)30-22-5-3-4-21(13-22)24-8-9-29-32-24/h1-9,13,18-20H,10-12,14-17H2,(H,29,32)(H,30,34)(H,31,33). The third-order valence-electron chi connectivity index (χ3n) is 7.87. The lowest BCUT2D eigenvalue weighted by atomic mass is 9.53. The van der Waals surface area contributed by atoms with E-state index in [2.05, 4.69) is 20.8 Å². The molecule has 0 atom stereocenters. The number of rotatable bonds is 7. The highest BCUT2D eigenvalue weighted by Crippen LogP contribution is 2.55. The summed E-state index contributed by atoms with van der Waals surface area (Å²) in [4.78, 5) is 26.9. The summed E-state index contributed by atoms with van der Waals surface area (Å²) >= 11 is 1.44. The van der Waals surface area contributed by atoms with E-state index in [0.717, 1.165) is 53.2 Å². The third-order valence-corrected chi connectivity index (χ3v) is 8.94. The van der Waals surface area contributed by atoms with Gasteiger partial charge in [0.1, 0.15) is 0 Å². The first-order chi connectivity index (χ1) is 17.1. The summed E-state index contributed by atoms with van der Waals surface area (Å²) in [6.07, 6.45) is 9.21. The maximum Gasteiger partial charge on any atom is 0.256 e. The van der Waals surface area contributed by atoms with Crippen molar-refractivity contribution in [3.8, 4) is 11.3 Å². The molecule has 4 bridgehead atoms. The van der Waals surface area contributed by atoms with Gasteiger partial charge in [-0.2, -0.15) is 5.10 Å². The Kier molecular flexibility index (Phi) is 5.88. The van der Waals surface area contributed by atoms with Crippen molar-refractivity contribution in [2.75, 3.05) is 11.1 Å². The summed E-state index contributed by atoms with van der Waals surface area (Å²) in [7, 11) is 0. The predicted octanol–water partition coefficient (Wildman–Crippen LogP) is 5.51. The van der Waals surface area contributed by atoms with Crippen LogP contribution in [0.15, 0.2) is 65.7 Å². The first-order valence-electron chi connectivity index (χ1n) is 12.5. The summed E-state index contributed by atoms with van der Waals surface area (Å²) < 4.78 is 0. The smallest absolute Gasteiger partial charge is 0.256 e. The number of H-pyrrole nitrogens is 1. The number of anilines is 1. The molecule has 0 spiro atoms. The molecule has 2 amide bonds. The molecular formula is C28H30N4O2S. The zero-order valence-electron chi connectivity index (χ0n) is 19.6. The van der Waals surface area contributed by atoms with Gasteiger partial charge in [-0.25, -0.2) is 0 Å². The molecule has 4 aliphatic carbocycles. The van der Waals surface area contributed by atoms with E-state index in [-0.39, 0.29) is 17.4 Å². The van der Waals surface area contributed by atoms with E-state index in [1.807, 2.05) is 54.6 Å². The summed E-state index contributed by atoms with van der Waals surface area (Å²) in [5, 5.41) is 13.4. The van der Waals surface area contributed by atoms with E-state index in [1.165, 1.54) is 31.0 Å². The van der Waals surface area contributed by atoms with Crippen LogP contribution in [0.25, 0.3) is 11.3 Å². The van der Waals surface area contributed by atoms with Crippen molar-refractivity contribution < 1.29 is 9.59 Å². The number of carbonyl (C=O) groups excluding carboxylic acids is 2. The van der Waals surface area contributed by atoms with Crippen molar-refractivity contribution in [2.24, 2.45) is 17.8 Å². The van der Waals surface area contributed by atoms with Crippen molar-refractivity contribution in [2.45, 2.75) is 49.0 Å². The first kappa shape index (κ1) is 22.4. The zero-order chi connectivity index (χ0) is 23.8. The molecule has 4 saturated carbocycles. The lowest BCUT2D eigenvalue weighted by molar-refractivity contribution is -0.124. The summed E-state index contributed by atoms with van der Waals surface area (Å²) in [5.74, 6) is 2.61. The van der Waals surface area contributed by atoms with Crippen molar-refractivity contribution in [1.82, 2.24) is 15.5 Å². The maximum atomic E-state index is 13.1. The van der Waals surface area contributed by atoms with Gasteiger partial charge in [-0.15, -0.1) is 11.8 Å². The number of thioether (sulfide) groups is 1. The van der Waals surface area contributed by atoms with Crippen molar-refractivity contribution in [3.05, 3.63) is 66.4 Å². The summed E-state index contributed by atoms with van der Waals surface area (Å²) in [6, 6.07) is 17.0. The van der Waals surface area contributed by atoms with Gasteiger partial charge in [-0.05, 0) is 86.6 Å². The van der Waals surface area contributed by atoms with Gasteiger partial charge in [0.15, 0.2) is 0 Å². The van der Waals surface area contributed by atoms with Gasteiger partial charge < -0.3 is 10.6 Å². The van der Waals surface area contributed by atoms with Crippen molar-refractivity contribution in [3.63, 3.8) is 0 Å². The Hall–Kier alpha value is -3.06. The molecule has 1 aromatic heterocycles. The molecule has 35 heavy (non-hydrogen) atoms. The number of aromatic amines is 1. The lowest BCUT2D eigenvalue weighted by Crippen LogP contribution is -2.60. The quantitative estimate of drug-likeness (QED) is 0.385. The molecule has 0 saturated heterocycles. The molecule has 1 heterocycles. The number of nitrogens with one attached hydrogen (secondary N) is 3. The highest BCUT2D eigenvalue weighted by molar-refractivity contribution is 8.00. The van der Waals surface area contributed by atoms with Crippen LogP contribution in [-0.4, -0.2) is 33.3 Å². The van der Waals surface area contributed by atoms with Crippen molar-refractivity contribution >= 4 is 29.3 Å². The van der Waals surface area contributed by atoms with Gasteiger partial charge in [0, 0.05) is 27.9 Å². The summed E-state index contributed by atoms with van der Waals surface area (Å²) in [6.45, 7) is 0. The van der Waals surface area contributed by atoms with Gasteiger partial charge >= 0.3 is 0 Å². The topological polar surface area (TPSA) is 86.9 Å². The van der Waals surface area contributed by atoms with Gasteiger partial charge in [0.2, 0.25) is 5.91 Å². The van der Waals surface area contributed by atoms with E-state index >= 15 is 0 Å². The minimum atomic E-state index is -0.184. The Morgan fingerprint density at radius 1 is 0.971 bits per heavy atom. The Morgan fingerprint density at radius 2 is 1.71 bits per heavy atom. The van der Waals surface area contributed by atoms with Gasteiger partial charge in [-0.3, -0.25) is 14.7 Å². The Labute approximate surface area is 209 Å². The third kappa shape index (κ3) is 4.74. The monoisotopic (exact) mass is 486 g/mol. The van der Waals surface area contributed by atoms with Crippen LogP contribution in [0.5, 0.6) is 0 Å². The van der Waals surface area contributed by atoms with E-state index in [1.54, 1.807) is 6.20 Å². The zero-order valence-corrected chi connectivity index (χ0v) is 20.4. The van der Waals surface area contributed by atoms with E-state index in [9.17, 15) is 9.59 Å². The lowest BCUT2D eigenvalue weighted by Gasteiger charge is -2.56. The largest absolute Gasteiger partial charge is 0.350 e. The molecule has 4 fully saturated rings. The number of aromatic nitrogens is 2.